The van der Waals surface area contributed by atoms with Gasteiger partial charge in [-0.3, -0.25) is 0 Å². The molecule has 5 heteroatoms. The van der Waals surface area contributed by atoms with E-state index >= 15 is 0 Å². The van der Waals surface area contributed by atoms with Crippen molar-refractivity contribution in [3.05, 3.63) is 23.2 Å². The average molecular weight is 230 g/mol. The zero-order valence-electron chi connectivity index (χ0n) is 8.54. The van der Waals surface area contributed by atoms with Crippen molar-refractivity contribution in [3.63, 3.8) is 0 Å². The SMILES string of the molecule is CNc1ccc(OCC(=O)OC)c(Cl)c1. The van der Waals surface area contributed by atoms with E-state index in [2.05, 4.69) is 10.1 Å². The normalized spacial score (nSPS) is 9.53. The van der Waals surface area contributed by atoms with Crippen molar-refractivity contribution in [2.24, 2.45) is 0 Å². The topological polar surface area (TPSA) is 47.6 Å². The van der Waals surface area contributed by atoms with Gasteiger partial charge in [0.25, 0.3) is 0 Å². The van der Waals surface area contributed by atoms with Crippen LogP contribution in [0.15, 0.2) is 18.2 Å². The van der Waals surface area contributed by atoms with Crippen molar-refractivity contribution in [3.8, 4) is 5.75 Å². The third-order valence-electron chi connectivity index (χ3n) is 1.79. The molecule has 0 saturated carbocycles. The highest BCUT2D eigenvalue weighted by Crippen LogP contribution is 2.27. The average Bonchev–Trinajstić information content (AvgIpc) is 2.26. The molecular formula is C10H12ClNO3. The van der Waals surface area contributed by atoms with E-state index in [1.165, 1.54) is 7.11 Å². The summed E-state index contributed by atoms with van der Waals surface area (Å²) in [5, 5.41) is 3.39. The van der Waals surface area contributed by atoms with Gasteiger partial charge in [-0.1, -0.05) is 11.6 Å². The minimum atomic E-state index is -0.441. The summed E-state index contributed by atoms with van der Waals surface area (Å²) in [5.41, 5.74) is 0.880. The Kier molecular flexibility index (Phi) is 4.24. The van der Waals surface area contributed by atoms with Gasteiger partial charge in [-0.2, -0.15) is 0 Å². The van der Waals surface area contributed by atoms with Crippen molar-refractivity contribution >= 4 is 23.3 Å². The van der Waals surface area contributed by atoms with Gasteiger partial charge >= 0.3 is 5.97 Å². The maximum Gasteiger partial charge on any atom is 0.343 e. The Morgan fingerprint density at radius 2 is 2.27 bits per heavy atom. The number of nitrogens with one attached hydrogen (secondary N) is 1. The quantitative estimate of drug-likeness (QED) is 0.802. The van der Waals surface area contributed by atoms with Crippen molar-refractivity contribution in [1.82, 2.24) is 0 Å². The summed E-state index contributed by atoms with van der Waals surface area (Å²) in [5.74, 6) is 0.0184. The van der Waals surface area contributed by atoms with Crippen LogP contribution in [0.3, 0.4) is 0 Å². The van der Waals surface area contributed by atoms with Gasteiger partial charge in [0, 0.05) is 12.7 Å². The van der Waals surface area contributed by atoms with Crippen LogP contribution < -0.4 is 10.1 Å². The van der Waals surface area contributed by atoms with Gasteiger partial charge < -0.3 is 14.8 Å². The number of carbonyl (C=O) groups is 1. The van der Waals surface area contributed by atoms with Crippen molar-refractivity contribution in [1.29, 1.82) is 0 Å². The van der Waals surface area contributed by atoms with Gasteiger partial charge in [0.1, 0.15) is 5.75 Å². The van der Waals surface area contributed by atoms with Crippen molar-refractivity contribution in [2.45, 2.75) is 0 Å². The molecule has 0 aliphatic rings. The number of ether oxygens (including phenoxy) is 2. The number of hydrogen-bond donors (Lipinski definition) is 1. The van der Waals surface area contributed by atoms with Gasteiger partial charge in [-0.25, -0.2) is 4.79 Å². The third-order valence-corrected chi connectivity index (χ3v) is 2.09. The molecule has 0 aromatic heterocycles. The fourth-order valence-corrected chi connectivity index (χ4v) is 1.20. The Hall–Kier alpha value is -1.42. The number of halogens is 1. The summed E-state index contributed by atoms with van der Waals surface area (Å²) < 4.78 is 9.59. The van der Waals surface area contributed by atoms with Gasteiger partial charge in [0.05, 0.1) is 12.1 Å². The molecule has 0 amide bonds. The highest BCUT2D eigenvalue weighted by atomic mass is 35.5. The molecule has 0 radical (unpaired) electrons. The van der Waals surface area contributed by atoms with E-state index in [0.29, 0.717) is 10.8 Å². The first-order valence-corrected chi connectivity index (χ1v) is 4.72. The number of esters is 1. The van der Waals surface area contributed by atoms with Crippen LogP contribution in [0.1, 0.15) is 0 Å². The van der Waals surface area contributed by atoms with Gasteiger partial charge in [-0.15, -0.1) is 0 Å². The predicted molar refractivity (Wildman–Crippen MR) is 58.5 cm³/mol. The fraction of sp³-hybridized carbons (Fsp3) is 0.300. The van der Waals surface area contributed by atoms with Gasteiger partial charge in [0.2, 0.25) is 0 Å². The van der Waals surface area contributed by atoms with E-state index in [4.69, 9.17) is 16.3 Å². The minimum Gasteiger partial charge on any atom is -0.480 e. The van der Waals surface area contributed by atoms with E-state index in [-0.39, 0.29) is 6.61 Å². The Bertz CT molecular complexity index is 355. The van der Waals surface area contributed by atoms with Crippen LogP contribution in [0.25, 0.3) is 0 Å². The molecule has 82 valence electrons. The first-order valence-electron chi connectivity index (χ1n) is 4.34. The van der Waals surface area contributed by atoms with Gasteiger partial charge in [0.15, 0.2) is 6.61 Å². The van der Waals surface area contributed by atoms with E-state index in [1.54, 1.807) is 25.2 Å². The first-order chi connectivity index (χ1) is 7.17. The van der Waals surface area contributed by atoms with Crippen LogP contribution in [0.2, 0.25) is 5.02 Å². The molecular weight excluding hydrogens is 218 g/mol. The van der Waals surface area contributed by atoms with Crippen molar-refractivity contribution < 1.29 is 14.3 Å². The molecule has 0 aliphatic heterocycles. The maximum atomic E-state index is 10.8. The summed E-state index contributed by atoms with van der Waals surface area (Å²) in [4.78, 5) is 10.8. The second kappa shape index (κ2) is 5.46. The number of anilines is 1. The summed E-state index contributed by atoms with van der Waals surface area (Å²) in [7, 11) is 3.10. The second-order valence-corrected chi connectivity index (χ2v) is 3.17. The lowest BCUT2D eigenvalue weighted by atomic mass is 10.3. The summed E-state index contributed by atoms with van der Waals surface area (Å²) in [6, 6.07) is 5.21. The number of methoxy groups -OCH3 is 1. The standard InChI is InChI=1S/C10H12ClNO3/c1-12-7-3-4-9(8(11)5-7)15-6-10(13)14-2/h3-5,12H,6H2,1-2H3. The molecule has 0 bridgehead atoms. The molecule has 1 aromatic rings. The molecule has 0 spiro atoms. The predicted octanol–water partition coefficient (Wildman–Crippen LogP) is 1.93. The van der Waals surface area contributed by atoms with E-state index in [9.17, 15) is 4.79 Å². The molecule has 1 rings (SSSR count). The van der Waals surface area contributed by atoms with E-state index in [1.807, 2.05) is 0 Å². The maximum absolute atomic E-state index is 10.8. The summed E-state index contributed by atoms with van der Waals surface area (Å²) >= 11 is 5.92. The molecule has 0 unspecified atom stereocenters. The zero-order chi connectivity index (χ0) is 11.3. The smallest absolute Gasteiger partial charge is 0.343 e. The minimum absolute atomic E-state index is 0.144. The van der Waals surface area contributed by atoms with Crippen LogP contribution in [-0.4, -0.2) is 26.7 Å². The molecule has 0 atom stereocenters. The molecule has 4 nitrogen and oxygen atoms in total. The fourth-order valence-electron chi connectivity index (χ4n) is 0.969. The molecule has 0 fully saturated rings. The van der Waals surface area contributed by atoms with Gasteiger partial charge in [-0.05, 0) is 18.2 Å². The zero-order valence-corrected chi connectivity index (χ0v) is 9.30. The Balaban J connectivity index is 2.66. The Morgan fingerprint density at radius 1 is 1.53 bits per heavy atom. The Morgan fingerprint density at radius 3 is 2.80 bits per heavy atom. The highest BCUT2D eigenvalue weighted by molar-refractivity contribution is 6.32. The lowest BCUT2D eigenvalue weighted by molar-refractivity contribution is -0.142. The lowest BCUT2D eigenvalue weighted by Crippen LogP contribution is -2.12. The van der Waals surface area contributed by atoms with Crippen LogP contribution in [0, 0.1) is 0 Å². The molecule has 1 N–H and O–H groups in total. The lowest BCUT2D eigenvalue weighted by Gasteiger charge is -2.08. The first kappa shape index (κ1) is 11.7. The van der Waals surface area contributed by atoms with Crippen LogP contribution in [0.5, 0.6) is 5.75 Å². The van der Waals surface area contributed by atoms with Crippen LogP contribution >= 0.6 is 11.6 Å². The monoisotopic (exact) mass is 229 g/mol. The molecule has 0 aliphatic carbocycles. The molecule has 0 saturated heterocycles. The number of rotatable bonds is 4. The van der Waals surface area contributed by atoms with E-state index < -0.39 is 5.97 Å². The summed E-state index contributed by atoms with van der Waals surface area (Å²) in [6.45, 7) is -0.144. The number of hydrogen-bond acceptors (Lipinski definition) is 4. The molecule has 1 aromatic carbocycles. The highest BCUT2D eigenvalue weighted by Gasteiger charge is 2.05. The molecule has 15 heavy (non-hydrogen) atoms. The van der Waals surface area contributed by atoms with Crippen molar-refractivity contribution in [2.75, 3.05) is 26.1 Å². The molecule has 0 heterocycles. The Labute approximate surface area is 93.1 Å². The van der Waals surface area contributed by atoms with Crippen LogP contribution in [-0.2, 0) is 9.53 Å². The summed E-state index contributed by atoms with van der Waals surface area (Å²) in [6.07, 6.45) is 0. The van der Waals surface area contributed by atoms with Crippen LogP contribution in [0.4, 0.5) is 5.69 Å². The third kappa shape index (κ3) is 3.32. The van der Waals surface area contributed by atoms with E-state index in [0.717, 1.165) is 5.69 Å². The largest absolute Gasteiger partial charge is 0.480 e. The second-order valence-electron chi connectivity index (χ2n) is 2.76. The number of carbonyl (C=O) groups excluding carboxylic acids is 1. The number of benzene rings is 1.